The second-order valence-corrected chi connectivity index (χ2v) is 11.2. The molecule has 0 aromatic carbocycles. The third-order valence-electron chi connectivity index (χ3n) is 8.50. The SMILES string of the molecule is Cc1cc(Nc2cc(C)[nH]n2)nc([C@H]2CC[C@@]3(CC2)C(=O)N([C@@H](C)c2ccc(-n4cc(F)cn4)nc2)CC(=O)N3C)n1. The molecule has 0 unspecified atom stereocenters. The van der Waals surface area contributed by atoms with Crippen LogP contribution in [0.3, 0.4) is 0 Å². The standard InChI is InChI=1S/C29H33FN10O2/c1-17-11-23(34-24-12-18(2)36-37-24)35-27(33-17)20-7-9-29(10-8-20)28(42)39(16-26(41)38(29)4)19(3)21-5-6-25(31-13-21)40-15-22(30)14-32-40/h5-6,11-15,19-20H,7-10,16H2,1-4H3,(H2,33,34,35,36,37)/t19-,20-,29+/m0/s1. The predicted molar refractivity (Wildman–Crippen MR) is 152 cm³/mol. The lowest BCUT2D eigenvalue weighted by molar-refractivity contribution is -0.168. The van der Waals surface area contributed by atoms with E-state index in [0.717, 1.165) is 29.0 Å². The maximum atomic E-state index is 14.1. The fourth-order valence-corrected chi connectivity index (χ4v) is 6.03. The Bertz CT molecular complexity index is 1620. The zero-order valence-corrected chi connectivity index (χ0v) is 24.0. The first-order chi connectivity index (χ1) is 20.1. The molecule has 2 amide bonds. The molecule has 2 fully saturated rings. The van der Waals surface area contributed by atoms with E-state index in [9.17, 15) is 14.0 Å². The highest BCUT2D eigenvalue weighted by molar-refractivity contribution is 5.98. The third-order valence-corrected chi connectivity index (χ3v) is 8.50. The fraction of sp³-hybridized carbons (Fsp3) is 0.414. The van der Waals surface area contributed by atoms with Crippen molar-refractivity contribution in [1.29, 1.82) is 0 Å². The van der Waals surface area contributed by atoms with E-state index in [1.807, 2.05) is 39.0 Å². The number of carbonyl (C=O) groups is 2. The molecule has 12 nitrogen and oxygen atoms in total. The van der Waals surface area contributed by atoms with E-state index in [0.29, 0.717) is 43.1 Å². The van der Waals surface area contributed by atoms with Gasteiger partial charge < -0.3 is 15.1 Å². The maximum absolute atomic E-state index is 14.1. The number of nitrogens with zero attached hydrogens (tertiary/aromatic N) is 8. The van der Waals surface area contributed by atoms with E-state index in [2.05, 4.69) is 25.6 Å². The first kappa shape index (κ1) is 27.5. The highest BCUT2D eigenvalue weighted by Gasteiger charge is 2.53. The van der Waals surface area contributed by atoms with Crippen molar-refractivity contribution in [2.24, 2.45) is 0 Å². The van der Waals surface area contributed by atoms with Crippen molar-refractivity contribution >= 4 is 23.5 Å². The predicted octanol–water partition coefficient (Wildman–Crippen LogP) is 3.74. The minimum atomic E-state index is -0.919. The molecule has 4 aromatic heterocycles. The van der Waals surface area contributed by atoms with E-state index in [1.165, 1.54) is 10.9 Å². The number of hydrogen-bond donors (Lipinski definition) is 2. The van der Waals surface area contributed by atoms with Crippen LogP contribution in [-0.2, 0) is 9.59 Å². The van der Waals surface area contributed by atoms with Gasteiger partial charge in [-0.2, -0.15) is 10.2 Å². The second kappa shape index (κ2) is 10.6. The van der Waals surface area contributed by atoms with Crippen LogP contribution in [0.1, 0.15) is 67.3 Å². The number of hydrogen-bond acceptors (Lipinski definition) is 8. The number of amides is 2. The monoisotopic (exact) mass is 572 g/mol. The molecule has 2 aliphatic rings. The van der Waals surface area contributed by atoms with Gasteiger partial charge in [0.25, 0.3) is 0 Å². The lowest BCUT2D eigenvalue weighted by Gasteiger charge is -2.51. The normalized spacial score (nSPS) is 21.7. The smallest absolute Gasteiger partial charge is 0.249 e. The molecule has 13 heteroatoms. The van der Waals surface area contributed by atoms with E-state index >= 15 is 0 Å². The lowest BCUT2D eigenvalue weighted by Crippen LogP contribution is -2.67. The quantitative estimate of drug-likeness (QED) is 0.357. The van der Waals surface area contributed by atoms with Crippen molar-refractivity contribution in [2.75, 3.05) is 18.9 Å². The Kier molecular flexibility index (Phi) is 6.95. The summed E-state index contributed by atoms with van der Waals surface area (Å²) in [5.41, 5.74) is 1.64. The van der Waals surface area contributed by atoms with Gasteiger partial charge in [-0.1, -0.05) is 6.07 Å². The summed E-state index contributed by atoms with van der Waals surface area (Å²) in [4.78, 5) is 44.6. The Balaban J connectivity index is 1.18. The van der Waals surface area contributed by atoms with Gasteiger partial charge in [-0.25, -0.2) is 24.0 Å². The molecule has 1 atom stereocenters. The Morgan fingerprint density at radius 1 is 1.10 bits per heavy atom. The number of piperazine rings is 1. The molecule has 0 bridgehead atoms. The van der Waals surface area contributed by atoms with Crippen molar-refractivity contribution in [3.63, 3.8) is 0 Å². The van der Waals surface area contributed by atoms with Gasteiger partial charge in [-0.05, 0) is 58.1 Å². The minimum absolute atomic E-state index is 0.00349. The second-order valence-electron chi connectivity index (χ2n) is 11.2. The largest absolute Gasteiger partial charge is 0.329 e. The summed E-state index contributed by atoms with van der Waals surface area (Å²) in [6, 6.07) is 6.96. The average Bonchev–Trinajstić information content (AvgIpc) is 3.61. The van der Waals surface area contributed by atoms with Crippen molar-refractivity contribution in [2.45, 2.75) is 64.0 Å². The minimum Gasteiger partial charge on any atom is -0.329 e. The third kappa shape index (κ3) is 4.99. The van der Waals surface area contributed by atoms with Gasteiger partial charge in [0.15, 0.2) is 17.5 Å². The fourth-order valence-electron chi connectivity index (χ4n) is 6.03. The van der Waals surface area contributed by atoms with Crippen LogP contribution in [0, 0.1) is 19.7 Å². The van der Waals surface area contributed by atoms with Crippen LogP contribution >= 0.6 is 0 Å². The van der Waals surface area contributed by atoms with E-state index in [-0.39, 0.29) is 30.3 Å². The molecular weight excluding hydrogens is 539 g/mol. The number of rotatable bonds is 6. The van der Waals surface area contributed by atoms with Gasteiger partial charge in [-0.15, -0.1) is 0 Å². The molecule has 1 saturated carbocycles. The van der Waals surface area contributed by atoms with Crippen molar-refractivity contribution in [1.82, 2.24) is 44.7 Å². The zero-order chi connectivity index (χ0) is 29.6. The first-order valence-corrected chi connectivity index (χ1v) is 14.0. The number of pyridine rings is 1. The number of aromatic nitrogens is 7. The Morgan fingerprint density at radius 2 is 1.88 bits per heavy atom. The van der Waals surface area contributed by atoms with Gasteiger partial charge in [0.1, 0.15) is 23.7 Å². The summed E-state index contributed by atoms with van der Waals surface area (Å²) in [5.74, 6) is 1.99. The summed E-state index contributed by atoms with van der Waals surface area (Å²) in [6.07, 6.45) is 6.38. The molecule has 2 N–H and O–H groups in total. The molecule has 1 saturated heterocycles. The van der Waals surface area contributed by atoms with Crippen LogP contribution in [0.15, 0.2) is 42.9 Å². The van der Waals surface area contributed by atoms with Gasteiger partial charge in [0.2, 0.25) is 11.8 Å². The highest BCUT2D eigenvalue weighted by atomic mass is 19.1. The summed E-state index contributed by atoms with van der Waals surface area (Å²) >= 11 is 0. The van der Waals surface area contributed by atoms with Gasteiger partial charge >= 0.3 is 0 Å². The van der Waals surface area contributed by atoms with E-state index < -0.39 is 11.4 Å². The molecule has 6 rings (SSSR count). The zero-order valence-electron chi connectivity index (χ0n) is 24.0. The highest BCUT2D eigenvalue weighted by Crippen LogP contribution is 2.44. The maximum Gasteiger partial charge on any atom is 0.249 e. The molecule has 1 aliphatic heterocycles. The average molecular weight is 573 g/mol. The van der Waals surface area contributed by atoms with Gasteiger partial charge in [0.05, 0.1) is 18.4 Å². The Labute approximate surface area is 242 Å². The number of carbonyl (C=O) groups excluding carboxylic acids is 2. The molecule has 1 spiro atoms. The van der Waals surface area contributed by atoms with Crippen LogP contribution < -0.4 is 5.32 Å². The van der Waals surface area contributed by atoms with Crippen molar-refractivity contribution in [3.8, 4) is 5.82 Å². The van der Waals surface area contributed by atoms with Crippen LogP contribution in [-0.4, -0.2) is 75.7 Å². The Hall–Kier alpha value is -4.68. The van der Waals surface area contributed by atoms with Gasteiger partial charge in [0, 0.05) is 42.7 Å². The number of likely N-dealkylation sites (N-methyl/N-ethyl adjacent to an activating group) is 1. The van der Waals surface area contributed by atoms with Gasteiger partial charge in [-0.3, -0.25) is 14.7 Å². The van der Waals surface area contributed by atoms with E-state index in [1.54, 1.807) is 29.1 Å². The molecule has 4 aromatic rings. The van der Waals surface area contributed by atoms with Crippen LogP contribution in [0.25, 0.3) is 5.82 Å². The molecular formula is C29H33FN10O2. The molecule has 0 radical (unpaired) electrons. The molecule has 42 heavy (non-hydrogen) atoms. The molecule has 5 heterocycles. The molecule has 1 aliphatic carbocycles. The molecule has 218 valence electrons. The van der Waals surface area contributed by atoms with Crippen molar-refractivity contribution in [3.05, 3.63) is 71.4 Å². The lowest BCUT2D eigenvalue weighted by atomic mass is 9.73. The number of H-pyrrole nitrogens is 1. The van der Waals surface area contributed by atoms with E-state index in [4.69, 9.17) is 9.97 Å². The van der Waals surface area contributed by atoms with Crippen LogP contribution in [0.5, 0.6) is 0 Å². The number of nitrogens with one attached hydrogen (secondary N) is 2. The number of anilines is 2. The summed E-state index contributed by atoms with van der Waals surface area (Å²) in [5, 5.41) is 14.3. The topological polar surface area (TPSA) is 138 Å². The summed E-state index contributed by atoms with van der Waals surface area (Å²) in [6.45, 7) is 5.76. The Morgan fingerprint density at radius 3 is 2.52 bits per heavy atom. The van der Waals surface area contributed by atoms with Crippen molar-refractivity contribution < 1.29 is 14.0 Å². The van der Waals surface area contributed by atoms with Crippen LogP contribution in [0.2, 0.25) is 0 Å². The first-order valence-electron chi connectivity index (χ1n) is 14.0. The number of halogens is 1. The summed E-state index contributed by atoms with van der Waals surface area (Å²) in [7, 11) is 1.74. The number of aryl methyl sites for hydroxylation is 2. The summed E-state index contributed by atoms with van der Waals surface area (Å²) < 4.78 is 14.7. The number of aromatic amines is 1. The van der Waals surface area contributed by atoms with Crippen LogP contribution in [0.4, 0.5) is 16.0 Å².